The number of nitrogens with zero attached hydrogens (tertiary/aromatic N) is 2. The van der Waals surface area contributed by atoms with E-state index in [1.807, 2.05) is 13.8 Å². The maximum absolute atomic E-state index is 4.40. The topological polar surface area (TPSA) is 49.8 Å². The SMILES string of the molecule is Cc1ncc(NCCNC2CC2)nc1C. The van der Waals surface area contributed by atoms with Gasteiger partial charge in [-0.25, -0.2) is 4.98 Å². The summed E-state index contributed by atoms with van der Waals surface area (Å²) in [5.74, 6) is 0.871. The molecule has 0 spiro atoms. The summed E-state index contributed by atoms with van der Waals surface area (Å²) in [4.78, 5) is 8.66. The van der Waals surface area contributed by atoms with E-state index in [2.05, 4.69) is 20.6 Å². The van der Waals surface area contributed by atoms with Crippen LogP contribution in [0.5, 0.6) is 0 Å². The number of rotatable bonds is 5. The molecule has 4 nitrogen and oxygen atoms in total. The summed E-state index contributed by atoms with van der Waals surface area (Å²) >= 11 is 0. The van der Waals surface area contributed by atoms with Gasteiger partial charge in [0.15, 0.2) is 0 Å². The van der Waals surface area contributed by atoms with Crippen molar-refractivity contribution < 1.29 is 0 Å². The van der Waals surface area contributed by atoms with Gasteiger partial charge < -0.3 is 10.6 Å². The lowest BCUT2D eigenvalue weighted by Crippen LogP contribution is -2.24. The van der Waals surface area contributed by atoms with Gasteiger partial charge in [0.05, 0.1) is 17.6 Å². The fourth-order valence-corrected chi connectivity index (χ4v) is 1.38. The normalized spacial score (nSPS) is 15.3. The van der Waals surface area contributed by atoms with Gasteiger partial charge in [0.2, 0.25) is 0 Å². The molecule has 0 bridgehead atoms. The molecule has 82 valence electrons. The van der Waals surface area contributed by atoms with Crippen molar-refractivity contribution in [3.63, 3.8) is 0 Å². The Hall–Kier alpha value is -1.16. The number of anilines is 1. The first-order chi connectivity index (χ1) is 7.25. The first-order valence-electron chi connectivity index (χ1n) is 5.53. The van der Waals surface area contributed by atoms with Crippen LogP contribution in [-0.4, -0.2) is 29.1 Å². The number of hydrogen-bond acceptors (Lipinski definition) is 4. The molecule has 0 unspecified atom stereocenters. The van der Waals surface area contributed by atoms with Crippen LogP contribution in [0.1, 0.15) is 24.2 Å². The molecule has 1 aromatic rings. The van der Waals surface area contributed by atoms with Crippen LogP contribution in [0.2, 0.25) is 0 Å². The van der Waals surface area contributed by atoms with Gasteiger partial charge >= 0.3 is 0 Å². The Bertz CT molecular complexity index is 333. The standard InChI is InChI=1S/C11H18N4/c1-8-9(2)15-11(7-14-8)13-6-5-12-10-3-4-10/h7,10,12H,3-6H2,1-2H3,(H,13,15). The molecular formula is C11H18N4. The molecule has 1 fully saturated rings. The van der Waals surface area contributed by atoms with E-state index in [4.69, 9.17) is 0 Å². The average Bonchev–Trinajstić information content (AvgIpc) is 3.02. The second-order valence-corrected chi connectivity index (χ2v) is 4.08. The number of aromatic nitrogens is 2. The summed E-state index contributed by atoms with van der Waals surface area (Å²) in [5, 5.41) is 6.70. The Morgan fingerprint density at radius 2 is 2.07 bits per heavy atom. The van der Waals surface area contributed by atoms with Gasteiger partial charge in [0.1, 0.15) is 5.82 Å². The lowest BCUT2D eigenvalue weighted by molar-refractivity contribution is 0.700. The van der Waals surface area contributed by atoms with Crippen LogP contribution in [0.3, 0.4) is 0 Å². The van der Waals surface area contributed by atoms with Crippen LogP contribution in [0, 0.1) is 13.8 Å². The van der Waals surface area contributed by atoms with E-state index < -0.39 is 0 Å². The van der Waals surface area contributed by atoms with E-state index >= 15 is 0 Å². The summed E-state index contributed by atoms with van der Waals surface area (Å²) in [5.41, 5.74) is 1.99. The van der Waals surface area contributed by atoms with Gasteiger partial charge in [-0.2, -0.15) is 0 Å². The third-order valence-corrected chi connectivity index (χ3v) is 2.63. The zero-order valence-electron chi connectivity index (χ0n) is 9.38. The molecule has 0 radical (unpaired) electrons. The van der Waals surface area contributed by atoms with Crippen LogP contribution < -0.4 is 10.6 Å². The van der Waals surface area contributed by atoms with E-state index in [0.717, 1.165) is 36.3 Å². The van der Waals surface area contributed by atoms with Crippen molar-refractivity contribution in [2.24, 2.45) is 0 Å². The van der Waals surface area contributed by atoms with E-state index in [1.165, 1.54) is 12.8 Å². The number of aryl methyl sites for hydroxylation is 2. The Morgan fingerprint density at radius 3 is 2.73 bits per heavy atom. The molecule has 0 amide bonds. The highest BCUT2D eigenvalue weighted by Crippen LogP contribution is 2.17. The van der Waals surface area contributed by atoms with Crippen molar-refractivity contribution in [1.82, 2.24) is 15.3 Å². The van der Waals surface area contributed by atoms with Gasteiger partial charge in [-0.15, -0.1) is 0 Å². The van der Waals surface area contributed by atoms with E-state index in [9.17, 15) is 0 Å². The highest BCUT2D eigenvalue weighted by Gasteiger charge is 2.19. The maximum Gasteiger partial charge on any atom is 0.144 e. The second kappa shape index (κ2) is 4.57. The molecule has 1 aromatic heterocycles. The summed E-state index contributed by atoms with van der Waals surface area (Å²) in [6.07, 6.45) is 4.46. The average molecular weight is 206 g/mol. The van der Waals surface area contributed by atoms with Crippen LogP contribution in [0.4, 0.5) is 5.82 Å². The van der Waals surface area contributed by atoms with Crippen molar-refractivity contribution in [2.45, 2.75) is 32.7 Å². The molecule has 0 saturated heterocycles. The second-order valence-electron chi connectivity index (χ2n) is 4.08. The molecule has 1 heterocycles. The number of hydrogen-bond donors (Lipinski definition) is 2. The minimum Gasteiger partial charge on any atom is -0.368 e. The van der Waals surface area contributed by atoms with Crippen LogP contribution in [0.25, 0.3) is 0 Å². The monoisotopic (exact) mass is 206 g/mol. The summed E-state index contributed by atoms with van der Waals surface area (Å²) in [6, 6.07) is 0.776. The van der Waals surface area contributed by atoms with Gasteiger partial charge in [-0.3, -0.25) is 4.98 Å². The molecule has 1 aliphatic carbocycles. The highest BCUT2D eigenvalue weighted by atomic mass is 15.0. The highest BCUT2D eigenvalue weighted by molar-refractivity contribution is 5.33. The Kier molecular flexibility index (Phi) is 3.16. The number of nitrogens with one attached hydrogen (secondary N) is 2. The lowest BCUT2D eigenvalue weighted by Gasteiger charge is -2.07. The molecular weight excluding hydrogens is 188 g/mol. The van der Waals surface area contributed by atoms with Crippen molar-refractivity contribution in [2.75, 3.05) is 18.4 Å². The zero-order chi connectivity index (χ0) is 10.7. The summed E-state index contributed by atoms with van der Waals surface area (Å²) < 4.78 is 0. The van der Waals surface area contributed by atoms with Gasteiger partial charge in [0.25, 0.3) is 0 Å². The van der Waals surface area contributed by atoms with Crippen molar-refractivity contribution in [3.8, 4) is 0 Å². The largest absolute Gasteiger partial charge is 0.368 e. The van der Waals surface area contributed by atoms with Gasteiger partial charge in [-0.05, 0) is 26.7 Å². The first kappa shape index (κ1) is 10.4. The maximum atomic E-state index is 4.40. The molecule has 1 saturated carbocycles. The Labute approximate surface area is 90.5 Å². The third-order valence-electron chi connectivity index (χ3n) is 2.63. The lowest BCUT2D eigenvalue weighted by atomic mass is 10.3. The molecule has 0 atom stereocenters. The molecule has 2 N–H and O–H groups in total. The Balaban J connectivity index is 1.74. The quantitative estimate of drug-likeness (QED) is 0.712. The predicted molar refractivity (Wildman–Crippen MR) is 61.0 cm³/mol. The minimum atomic E-state index is 0.776. The Morgan fingerprint density at radius 1 is 1.27 bits per heavy atom. The molecule has 0 aliphatic heterocycles. The fraction of sp³-hybridized carbons (Fsp3) is 0.636. The van der Waals surface area contributed by atoms with Gasteiger partial charge in [-0.1, -0.05) is 0 Å². The fourth-order valence-electron chi connectivity index (χ4n) is 1.38. The molecule has 1 aliphatic rings. The van der Waals surface area contributed by atoms with Crippen LogP contribution in [0.15, 0.2) is 6.20 Å². The van der Waals surface area contributed by atoms with Crippen molar-refractivity contribution in [1.29, 1.82) is 0 Å². The summed E-state index contributed by atoms with van der Waals surface area (Å²) in [7, 11) is 0. The zero-order valence-corrected chi connectivity index (χ0v) is 9.38. The predicted octanol–water partition coefficient (Wildman–Crippen LogP) is 1.26. The van der Waals surface area contributed by atoms with Gasteiger partial charge in [0, 0.05) is 19.1 Å². The molecule has 0 aromatic carbocycles. The third kappa shape index (κ3) is 3.16. The smallest absolute Gasteiger partial charge is 0.144 e. The molecule has 15 heavy (non-hydrogen) atoms. The molecule has 4 heteroatoms. The van der Waals surface area contributed by atoms with E-state index in [0.29, 0.717) is 0 Å². The van der Waals surface area contributed by atoms with Crippen molar-refractivity contribution in [3.05, 3.63) is 17.6 Å². The van der Waals surface area contributed by atoms with E-state index in [1.54, 1.807) is 6.20 Å². The van der Waals surface area contributed by atoms with Crippen LogP contribution >= 0.6 is 0 Å². The first-order valence-corrected chi connectivity index (χ1v) is 5.53. The van der Waals surface area contributed by atoms with E-state index in [-0.39, 0.29) is 0 Å². The summed E-state index contributed by atoms with van der Waals surface area (Å²) in [6.45, 7) is 5.86. The minimum absolute atomic E-state index is 0.776. The van der Waals surface area contributed by atoms with Crippen LogP contribution in [-0.2, 0) is 0 Å². The van der Waals surface area contributed by atoms with Crippen molar-refractivity contribution >= 4 is 5.82 Å². The molecule has 2 rings (SSSR count).